The van der Waals surface area contributed by atoms with Gasteiger partial charge < -0.3 is 79.5 Å². The molecular weight excluding hydrogens is 971 g/mol. The minimum Gasteiger partial charge on any atom is -0.445 e. The van der Waals surface area contributed by atoms with Crippen molar-refractivity contribution in [2.45, 2.75) is 219 Å². The van der Waals surface area contributed by atoms with Gasteiger partial charge in [0, 0.05) is 70.3 Å². The van der Waals surface area contributed by atoms with Gasteiger partial charge in [0.25, 0.3) is 0 Å². The molecule has 10 aliphatic heterocycles. The molecule has 20 atom stereocenters. The summed E-state index contributed by atoms with van der Waals surface area (Å²) < 4.78 is 66.1. The summed E-state index contributed by atoms with van der Waals surface area (Å²) in [5.41, 5.74) is 8.46. The number of alkyl carbamates (subject to hydrolysis) is 1. The van der Waals surface area contributed by atoms with Crippen molar-refractivity contribution in [1.82, 2.24) is 16.0 Å². The van der Waals surface area contributed by atoms with Gasteiger partial charge in [0.2, 0.25) is 5.91 Å². The Morgan fingerprint density at radius 3 is 2.36 bits per heavy atom. The van der Waals surface area contributed by atoms with E-state index in [2.05, 4.69) is 41.3 Å². The number of aliphatic hydroxyl groups is 1. The van der Waals surface area contributed by atoms with Crippen molar-refractivity contribution < 1.29 is 71.7 Å². The first-order chi connectivity index (χ1) is 36.1. The van der Waals surface area contributed by atoms with Crippen LogP contribution in [0.15, 0.2) is 48.6 Å². The summed E-state index contributed by atoms with van der Waals surface area (Å²) in [5.74, 6) is -1.21. The minimum atomic E-state index is -1.03. The summed E-state index contributed by atoms with van der Waals surface area (Å²) in [5, 5.41) is 22.4. The fraction of sp³-hybridized carbons (Fsp3) is 0.745. The third-order valence-electron chi connectivity index (χ3n) is 17.4. The van der Waals surface area contributed by atoms with Crippen molar-refractivity contribution in [3.63, 3.8) is 0 Å². The monoisotopic (exact) mass is 1050 g/mol. The molecule has 10 fully saturated rings. The summed E-state index contributed by atoms with van der Waals surface area (Å²) in [7, 11) is 3.29. The zero-order valence-corrected chi connectivity index (χ0v) is 43.7. The maximum absolute atomic E-state index is 14.4. The molecule has 12 bridgehead atoms. The Morgan fingerprint density at radius 1 is 0.827 bits per heavy atom. The number of aliphatic hydroxyl groups excluding tert-OH is 1. The SMILES string of the molecule is C=C1C[C@@H]2CC[C@@]34C[C@H]5O[C@H]6[C@@H](O3)[C@H]3O[C@H](CC[C@@H]3O[C@H]6[C@H]5O4)CC(=O)C[C@@H]3[C@@H](OC)[C@@H](C[C@H](O)CNC(=O)OCc4ccc(NC(=O)[C@H](CCCNC(N)=O)NC)cc4)O[C@H]3C[C@H]3O[C@@H](CC[C@@H]1O2)C[C@@H](C)C3=C. The largest absolute Gasteiger partial charge is 0.445 e. The molecule has 10 heterocycles. The molecule has 1 aromatic carbocycles. The van der Waals surface area contributed by atoms with Crippen LogP contribution in [0, 0.1) is 11.8 Å². The van der Waals surface area contributed by atoms with Gasteiger partial charge in [-0.15, -0.1) is 0 Å². The zero-order valence-electron chi connectivity index (χ0n) is 43.7. The number of primary amides is 1. The lowest BCUT2D eigenvalue weighted by Gasteiger charge is -2.47. The van der Waals surface area contributed by atoms with Crippen LogP contribution >= 0.6 is 0 Å². The highest BCUT2D eigenvalue weighted by atomic mass is 16.8. The van der Waals surface area contributed by atoms with Crippen molar-refractivity contribution in [3.8, 4) is 0 Å². The number of carbonyl (C=O) groups excluding carboxylic acids is 4. The summed E-state index contributed by atoms with van der Waals surface area (Å²) in [6, 6.07) is 5.81. The van der Waals surface area contributed by atoms with E-state index in [1.807, 2.05) is 0 Å². The van der Waals surface area contributed by atoms with Crippen LogP contribution in [-0.2, 0) is 63.6 Å². The quantitative estimate of drug-likeness (QED) is 0.112. The van der Waals surface area contributed by atoms with Crippen molar-refractivity contribution in [2.24, 2.45) is 17.6 Å². The molecule has 10 aliphatic rings. The second kappa shape index (κ2) is 23.5. The molecule has 10 saturated heterocycles. The molecule has 4 amide bonds. The van der Waals surface area contributed by atoms with E-state index in [9.17, 15) is 24.3 Å². The number of nitrogens with one attached hydrogen (secondary N) is 4. The Kier molecular flexibility index (Phi) is 17.0. The van der Waals surface area contributed by atoms with Crippen LogP contribution in [0.25, 0.3) is 0 Å². The van der Waals surface area contributed by atoms with Gasteiger partial charge in [0.1, 0.15) is 42.9 Å². The molecule has 11 rings (SSSR count). The Labute approximate surface area is 439 Å². The Balaban J connectivity index is 0.774. The molecule has 7 N–H and O–H groups in total. The smallest absolute Gasteiger partial charge is 0.407 e. The molecule has 0 saturated carbocycles. The average Bonchev–Trinajstić information content (AvgIpc) is 4.13. The number of carbonyl (C=O) groups is 4. The maximum atomic E-state index is 14.4. The lowest BCUT2D eigenvalue weighted by molar-refractivity contribution is -0.292. The van der Waals surface area contributed by atoms with Gasteiger partial charge in [-0.3, -0.25) is 9.59 Å². The maximum Gasteiger partial charge on any atom is 0.407 e. The molecular formula is C55H79N5O15. The van der Waals surface area contributed by atoms with Crippen LogP contribution in [-0.4, -0.2) is 166 Å². The van der Waals surface area contributed by atoms with Crippen LogP contribution in [0.4, 0.5) is 15.3 Å². The number of likely N-dealkylation sites (N-methyl/N-ethyl adjacent to an activating group) is 1. The third kappa shape index (κ3) is 12.3. The molecule has 0 aromatic heterocycles. The number of anilines is 1. The van der Waals surface area contributed by atoms with Gasteiger partial charge >= 0.3 is 12.1 Å². The fourth-order valence-electron chi connectivity index (χ4n) is 13.5. The number of ketones is 1. The Hall–Kier alpha value is -4.06. The first-order valence-electron chi connectivity index (χ1n) is 27.5. The molecule has 0 unspecified atom stereocenters. The summed E-state index contributed by atoms with van der Waals surface area (Å²) >= 11 is 0. The molecule has 1 aromatic rings. The number of benzene rings is 1. The van der Waals surface area contributed by atoms with Crippen LogP contribution < -0.4 is 27.0 Å². The number of hydrogen-bond donors (Lipinski definition) is 6. The van der Waals surface area contributed by atoms with Gasteiger partial charge in [-0.25, -0.2) is 9.59 Å². The van der Waals surface area contributed by atoms with Crippen molar-refractivity contribution in [3.05, 3.63) is 54.1 Å². The second-order valence-corrected chi connectivity index (χ2v) is 22.6. The lowest BCUT2D eigenvalue weighted by atomic mass is 9.81. The number of urea groups is 1. The van der Waals surface area contributed by atoms with E-state index < -0.39 is 60.6 Å². The predicted octanol–water partition coefficient (Wildman–Crippen LogP) is 4.38. The third-order valence-corrected chi connectivity index (χ3v) is 17.4. The van der Waals surface area contributed by atoms with Crippen LogP contribution in [0.2, 0.25) is 0 Å². The van der Waals surface area contributed by atoms with E-state index in [1.165, 1.54) is 0 Å². The first-order valence-corrected chi connectivity index (χ1v) is 27.5. The minimum absolute atomic E-state index is 0.000534. The van der Waals surface area contributed by atoms with Crippen molar-refractivity contribution in [1.29, 1.82) is 0 Å². The van der Waals surface area contributed by atoms with E-state index in [0.29, 0.717) is 56.3 Å². The van der Waals surface area contributed by atoms with E-state index in [4.69, 9.17) is 53.1 Å². The number of nitrogens with two attached hydrogens (primary N) is 1. The standard InChI is InChI=1S/C55H79N5O15/c1-28-19-35-12-14-40-29(2)20-37(68-40)16-17-55-25-45-48(74-55)49-50(73-45)51(75-55)47-41(72-49)15-13-36(70-47)21-33(61)22-38-43(24-42(69-35)30(28)3)71-44(46(38)66-5)23-34(62)26-59-54(65)67-27-31-8-10-32(11-9-31)60-52(63)39(57-4)7-6-18-58-53(56)64/h8-11,28,34-51,57,62H,2-3,6-7,12-27H2,1,4-5H3,(H,59,65)(H,60,63)(H3,56,58,64)/t28-,34+,35+,36-,37+,38+,39+,40+,41+,42-,43+,44-,45-,46-,47+,48+,49+,50-,51+,55+/m1/s1. The number of methoxy groups -OCH3 is 1. The van der Waals surface area contributed by atoms with Gasteiger partial charge in [0.15, 0.2) is 5.79 Å². The molecule has 1 spiro atoms. The molecule has 20 heteroatoms. The topological polar surface area (TPSA) is 255 Å². The number of rotatable bonds is 14. The van der Waals surface area contributed by atoms with Crippen molar-refractivity contribution in [2.75, 3.05) is 32.6 Å². The van der Waals surface area contributed by atoms with E-state index in [-0.39, 0.29) is 117 Å². The molecule has 0 radical (unpaired) electrons. The van der Waals surface area contributed by atoms with Gasteiger partial charge in [-0.1, -0.05) is 32.2 Å². The highest BCUT2D eigenvalue weighted by Gasteiger charge is 2.69. The van der Waals surface area contributed by atoms with Gasteiger partial charge in [-0.2, -0.15) is 0 Å². The summed E-state index contributed by atoms with van der Waals surface area (Å²) in [4.78, 5) is 51.1. The lowest BCUT2D eigenvalue weighted by Crippen LogP contribution is -2.61. The number of hydrogen-bond acceptors (Lipinski definition) is 16. The predicted molar refractivity (Wildman–Crippen MR) is 270 cm³/mol. The molecule has 414 valence electrons. The first kappa shape index (κ1) is 54.3. The van der Waals surface area contributed by atoms with E-state index >= 15 is 0 Å². The Bertz CT molecular complexity index is 2240. The van der Waals surface area contributed by atoms with Crippen LogP contribution in [0.1, 0.15) is 109 Å². The molecule has 20 nitrogen and oxygen atoms in total. The highest BCUT2D eigenvalue weighted by Crippen LogP contribution is 2.54. The summed E-state index contributed by atoms with van der Waals surface area (Å²) in [6.07, 6.45) is 2.58. The Morgan fingerprint density at radius 2 is 1.57 bits per heavy atom. The normalized spacial score (nSPS) is 40.0. The van der Waals surface area contributed by atoms with Crippen LogP contribution in [0.5, 0.6) is 0 Å². The van der Waals surface area contributed by atoms with Crippen molar-refractivity contribution >= 4 is 29.5 Å². The number of Topliss-reactive ketones (excluding diaryl/α,β-unsaturated/α-hetero) is 1. The molecule has 75 heavy (non-hydrogen) atoms. The second-order valence-electron chi connectivity index (χ2n) is 22.6. The fourth-order valence-corrected chi connectivity index (χ4v) is 13.5. The zero-order chi connectivity index (χ0) is 52.5. The average molecular weight is 1050 g/mol. The van der Waals surface area contributed by atoms with E-state index in [0.717, 1.165) is 49.7 Å². The number of amides is 4. The van der Waals surface area contributed by atoms with Crippen LogP contribution in [0.3, 0.4) is 0 Å². The van der Waals surface area contributed by atoms with E-state index in [1.54, 1.807) is 38.4 Å². The number of ether oxygens (including phenoxy) is 10. The van der Waals surface area contributed by atoms with Gasteiger partial charge in [-0.05, 0) is 99.6 Å². The highest BCUT2D eigenvalue weighted by molar-refractivity contribution is 5.94. The number of fused-ring (bicyclic) bond motifs is 6. The molecule has 0 aliphatic carbocycles. The summed E-state index contributed by atoms with van der Waals surface area (Å²) in [6.45, 7) is 11.3. The van der Waals surface area contributed by atoms with Gasteiger partial charge in [0.05, 0.1) is 73.2 Å².